The largest absolute Gasteiger partial charge is 0.389 e. The molecule has 1 aromatic heterocycles. The van der Waals surface area contributed by atoms with Gasteiger partial charge in [-0.05, 0) is 18.6 Å². The summed E-state index contributed by atoms with van der Waals surface area (Å²) in [5, 5.41) is 7.01. The Kier molecular flexibility index (Phi) is 4.14. The Labute approximate surface area is 122 Å². The van der Waals surface area contributed by atoms with Crippen molar-refractivity contribution in [3.05, 3.63) is 52.8 Å². The Balaban J connectivity index is 2.05. The lowest BCUT2D eigenvalue weighted by Gasteiger charge is -2.06. The van der Waals surface area contributed by atoms with Crippen LogP contribution in [-0.4, -0.2) is 20.7 Å². The van der Waals surface area contributed by atoms with E-state index in [1.165, 1.54) is 0 Å². The molecule has 1 amide bonds. The lowest BCUT2D eigenvalue weighted by atomic mass is 10.1. The van der Waals surface area contributed by atoms with Crippen LogP contribution in [0.1, 0.15) is 27.2 Å². The molecule has 0 aliphatic rings. The fraction of sp³-hybridized carbons (Fsp3) is 0.214. The van der Waals surface area contributed by atoms with E-state index in [0.717, 1.165) is 11.1 Å². The molecule has 0 atom stereocenters. The summed E-state index contributed by atoms with van der Waals surface area (Å²) in [4.78, 5) is 12.4. The molecule has 3 N–H and O–H groups in total. The Bertz CT molecular complexity index is 663. The van der Waals surface area contributed by atoms with Crippen molar-refractivity contribution in [2.24, 2.45) is 12.8 Å². The molecule has 0 spiro atoms. The second-order valence-corrected chi connectivity index (χ2v) is 4.99. The van der Waals surface area contributed by atoms with Crippen molar-refractivity contribution in [1.29, 1.82) is 0 Å². The smallest absolute Gasteiger partial charge is 0.255 e. The molecule has 1 aromatic carbocycles. The number of hydrogen-bond donors (Lipinski definition) is 2. The Morgan fingerprint density at radius 2 is 2.25 bits per heavy atom. The Hall–Kier alpha value is -2.21. The number of thiocarbonyl (C=S) groups is 1. The molecule has 0 fully saturated rings. The van der Waals surface area contributed by atoms with E-state index in [-0.39, 0.29) is 5.91 Å². The Morgan fingerprint density at radius 1 is 1.50 bits per heavy atom. The number of nitrogens with two attached hydrogens (primary N) is 1. The molecular weight excluding hydrogens is 272 g/mol. The normalized spacial score (nSPS) is 10.3. The van der Waals surface area contributed by atoms with Crippen LogP contribution in [-0.2, 0) is 13.6 Å². The molecule has 20 heavy (non-hydrogen) atoms. The number of rotatable bonds is 4. The van der Waals surface area contributed by atoms with E-state index < -0.39 is 0 Å². The van der Waals surface area contributed by atoms with E-state index in [4.69, 9.17) is 18.0 Å². The summed E-state index contributed by atoms with van der Waals surface area (Å²) >= 11 is 4.93. The van der Waals surface area contributed by atoms with Crippen LogP contribution >= 0.6 is 12.2 Å². The van der Waals surface area contributed by atoms with Crippen LogP contribution in [0.15, 0.2) is 30.5 Å². The van der Waals surface area contributed by atoms with E-state index in [1.807, 2.05) is 31.2 Å². The van der Waals surface area contributed by atoms with Crippen molar-refractivity contribution in [3.8, 4) is 0 Å². The molecule has 0 aliphatic carbocycles. The molecule has 5 nitrogen and oxygen atoms in total. The number of nitrogens with zero attached hydrogens (tertiary/aromatic N) is 2. The van der Waals surface area contributed by atoms with Gasteiger partial charge in [-0.2, -0.15) is 5.10 Å². The molecule has 6 heteroatoms. The summed E-state index contributed by atoms with van der Waals surface area (Å²) in [5.41, 5.74) is 8.62. The number of nitrogens with one attached hydrogen (secondary N) is 1. The monoisotopic (exact) mass is 288 g/mol. The first-order valence-corrected chi connectivity index (χ1v) is 6.55. The van der Waals surface area contributed by atoms with E-state index >= 15 is 0 Å². The van der Waals surface area contributed by atoms with Gasteiger partial charge in [-0.25, -0.2) is 0 Å². The van der Waals surface area contributed by atoms with E-state index in [1.54, 1.807) is 17.9 Å². The summed E-state index contributed by atoms with van der Waals surface area (Å²) in [7, 11) is 1.79. The molecule has 0 saturated heterocycles. The van der Waals surface area contributed by atoms with Gasteiger partial charge in [0.15, 0.2) is 0 Å². The predicted octanol–water partition coefficient (Wildman–Crippen LogP) is 1.29. The third-order valence-electron chi connectivity index (χ3n) is 2.92. The molecular formula is C14H16N4OS. The van der Waals surface area contributed by atoms with Gasteiger partial charge in [-0.3, -0.25) is 9.48 Å². The van der Waals surface area contributed by atoms with Crippen LogP contribution in [0.5, 0.6) is 0 Å². The molecule has 0 bridgehead atoms. The second-order valence-electron chi connectivity index (χ2n) is 4.55. The van der Waals surface area contributed by atoms with Gasteiger partial charge in [0.2, 0.25) is 0 Å². The first kappa shape index (κ1) is 14.2. The zero-order valence-electron chi connectivity index (χ0n) is 11.4. The molecule has 0 aliphatic heterocycles. The highest BCUT2D eigenvalue weighted by Crippen LogP contribution is 2.07. The highest BCUT2D eigenvalue weighted by molar-refractivity contribution is 7.80. The van der Waals surface area contributed by atoms with Gasteiger partial charge in [0.05, 0.1) is 11.3 Å². The zero-order valence-corrected chi connectivity index (χ0v) is 12.2. The van der Waals surface area contributed by atoms with Crippen LogP contribution in [0.2, 0.25) is 0 Å². The lowest BCUT2D eigenvalue weighted by Crippen LogP contribution is -2.23. The Morgan fingerprint density at radius 3 is 2.85 bits per heavy atom. The first-order valence-electron chi connectivity index (χ1n) is 6.14. The second kappa shape index (κ2) is 5.83. The van der Waals surface area contributed by atoms with Crippen molar-refractivity contribution < 1.29 is 4.79 Å². The molecule has 0 radical (unpaired) electrons. The highest BCUT2D eigenvalue weighted by atomic mass is 32.1. The number of aryl methyl sites for hydroxylation is 2. The number of carbonyl (C=O) groups is 1. The lowest BCUT2D eigenvalue weighted by molar-refractivity contribution is 0.0950. The summed E-state index contributed by atoms with van der Waals surface area (Å²) in [5.74, 6) is -0.142. The molecule has 2 rings (SSSR count). The maximum atomic E-state index is 12.1. The van der Waals surface area contributed by atoms with E-state index in [0.29, 0.717) is 22.8 Å². The van der Waals surface area contributed by atoms with Crippen LogP contribution in [0.4, 0.5) is 0 Å². The van der Waals surface area contributed by atoms with Crippen LogP contribution in [0, 0.1) is 6.92 Å². The third kappa shape index (κ3) is 3.21. The predicted molar refractivity (Wildman–Crippen MR) is 81.4 cm³/mol. The van der Waals surface area contributed by atoms with Gasteiger partial charge in [-0.1, -0.05) is 30.4 Å². The van der Waals surface area contributed by atoms with Gasteiger partial charge >= 0.3 is 0 Å². The van der Waals surface area contributed by atoms with Crippen LogP contribution in [0.25, 0.3) is 0 Å². The standard InChI is InChI=1S/C14H16N4OS/c1-9-12(8-18(2)17-9)14(19)16-7-10-4-3-5-11(6-10)13(15)20/h3-6,8H,7H2,1-2H3,(H2,15,20)(H,16,19). The number of carbonyl (C=O) groups excluding carboxylic acids is 1. The van der Waals surface area contributed by atoms with Gasteiger partial charge in [0, 0.05) is 25.4 Å². The molecule has 104 valence electrons. The molecule has 2 aromatic rings. The summed E-state index contributed by atoms with van der Waals surface area (Å²) < 4.78 is 1.62. The number of aromatic nitrogens is 2. The first-order chi connectivity index (χ1) is 9.47. The van der Waals surface area contributed by atoms with Crippen molar-refractivity contribution in [2.45, 2.75) is 13.5 Å². The topological polar surface area (TPSA) is 72.9 Å². The molecule has 0 unspecified atom stereocenters. The number of benzene rings is 1. The SMILES string of the molecule is Cc1nn(C)cc1C(=O)NCc1cccc(C(N)=S)c1. The summed E-state index contributed by atoms with van der Waals surface area (Å²) in [6, 6.07) is 7.50. The van der Waals surface area contributed by atoms with Crippen LogP contribution < -0.4 is 11.1 Å². The number of hydrogen-bond acceptors (Lipinski definition) is 3. The minimum absolute atomic E-state index is 0.142. The quantitative estimate of drug-likeness (QED) is 0.832. The average molecular weight is 288 g/mol. The van der Waals surface area contributed by atoms with Gasteiger partial charge in [0.1, 0.15) is 4.99 Å². The summed E-state index contributed by atoms with van der Waals surface area (Å²) in [6.07, 6.45) is 1.70. The zero-order chi connectivity index (χ0) is 14.7. The molecule has 1 heterocycles. The van der Waals surface area contributed by atoms with Crippen molar-refractivity contribution in [1.82, 2.24) is 15.1 Å². The van der Waals surface area contributed by atoms with Crippen molar-refractivity contribution in [3.63, 3.8) is 0 Å². The summed E-state index contributed by atoms with van der Waals surface area (Å²) in [6.45, 7) is 2.23. The van der Waals surface area contributed by atoms with E-state index in [2.05, 4.69) is 10.4 Å². The van der Waals surface area contributed by atoms with Crippen LogP contribution in [0.3, 0.4) is 0 Å². The minimum Gasteiger partial charge on any atom is -0.389 e. The third-order valence-corrected chi connectivity index (χ3v) is 3.16. The van der Waals surface area contributed by atoms with Gasteiger partial charge in [-0.15, -0.1) is 0 Å². The maximum absolute atomic E-state index is 12.1. The van der Waals surface area contributed by atoms with Gasteiger partial charge < -0.3 is 11.1 Å². The fourth-order valence-electron chi connectivity index (χ4n) is 1.93. The number of amides is 1. The maximum Gasteiger partial charge on any atom is 0.255 e. The highest BCUT2D eigenvalue weighted by Gasteiger charge is 2.11. The van der Waals surface area contributed by atoms with Gasteiger partial charge in [0.25, 0.3) is 5.91 Å². The van der Waals surface area contributed by atoms with E-state index in [9.17, 15) is 4.79 Å². The minimum atomic E-state index is -0.142. The fourth-order valence-corrected chi connectivity index (χ4v) is 2.06. The van der Waals surface area contributed by atoms with Crippen molar-refractivity contribution >= 4 is 23.1 Å². The van der Waals surface area contributed by atoms with Crippen molar-refractivity contribution in [2.75, 3.05) is 0 Å². The average Bonchev–Trinajstić information content (AvgIpc) is 2.75. The molecule has 0 saturated carbocycles.